The van der Waals surface area contributed by atoms with Crippen LogP contribution in [-0.4, -0.2) is 18.8 Å². The minimum absolute atomic E-state index is 0.426. The molecule has 2 aliphatic carbocycles. The second kappa shape index (κ2) is 6.10. The number of ether oxygens (including phenoxy) is 1. The Balaban J connectivity index is 1.66. The summed E-state index contributed by atoms with van der Waals surface area (Å²) < 4.78 is 6.01. The van der Waals surface area contributed by atoms with Crippen molar-refractivity contribution in [2.45, 2.75) is 71.1 Å². The van der Waals surface area contributed by atoms with Crippen molar-refractivity contribution in [1.29, 1.82) is 0 Å². The summed E-state index contributed by atoms with van der Waals surface area (Å²) in [4.78, 5) is 0. The quantitative estimate of drug-likeness (QED) is 0.867. The standard InChI is InChI=1S/C19H29NO/c1-4-21-18-13-17(19(18)11-5-6-12-19)20-15(3)16-9-7-14(2)8-10-16/h7-10,15,17-18,20H,4-6,11-13H2,1-3H3/t15-,17?,18?/m0/s1. The van der Waals surface area contributed by atoms with Gasteiger partial charge in [0.25, 0.3) is 0 Å². The van der Waals surface area contributed by atoms with Crippen LogP contribution in [0.3, 0.4) is 0 Å². The van der Waals surface area contributed by atoms with Crippen molar-refractivity contribution in [2.24, 2.45) is 5.41 Å². The maximum Gasteiger partial charge on any atom is 0.0661 e. The van der Waals surface area contributed by atoms with Crippen molar-refractivity contribution in [3.8, 4) is 0 Å². The lowest BCUT2D eigenvalue weighted by molar-refractivity contribution is -0.132. The van der Waals surface area contributed by atoms with Crippen LogP contribution >= 0.6 is 0 Å². The Morgan fingerprint density at radius 1 is 1.24 bits per heavy atom. The zero-order valence-electron chi connectivity index (χ0n) is 13.7. The average molecular weight is 287 g/mol. The Morgan fingerprint density at radius 3 is 2.52 bits per heavy atom. The largest absolute Gasteiger partial charge is 0.378 e. The van der Waals surface area contributed by atoms with Gasteiger partial charge in [-0.15, -0.1) is 0 Å². The molecule has 2 aliphatic rings. The van der Waals surface area contributed by atoms with Crippen molar-refractivity contribution in [2.75, 3.05) is 6.61 Å². The lowest BCUT2D eigenvalue weighted by atomic mass is 9.60. The van der Waals surface area contributed by atoms with Crippen LogP contribution in [0, 0.1) is 12.3 Å². The Bertz CT molecular complexity index is 461. The lowest BCUT2D eigenvalue weighted by Gasteiger charge is -2.55. The summed E-state index contributed by atoms with van der Waals surface area (Å²) in [5.41, 5.74) is 3.15. The van der Waals surface area contributed by atoms with Crippen LogP contribution in [0.5, 0.6) is 0 Å². The maximum absolute atomic E-state index is 6.01. The summed E-state index contributed by atoms with van der Waals surface area (Å²) in [6, 6.07) is 9.99. The highest BCUT2D eigenvalue weighted by Gasteiger charge is 2.56. The number of rotatable bonds is 5. The number of nitrogens with one attached hydrogen (secondary N) is 1. The molecule has 2 nitrogen and oxygen atoms in total. The summed E-state index contributed by atoms with van der Waals surface area (Å²) in [5.74, 6) is 0. The lowest BCUT2D eigenvalue weighted by Crippen LogP contribution is -2.63. The molecule has 2 fully saturated rings. The van der Waals surface area contributed by atoms with Gasteiger partial charge in [0.2, 0.25) is 0 Å². The van der Waals surface area contributed by atoms with E-state index < -0.39 is 0 Å². The molecule has 0 radical (unpaired) electrons. The molecule has 0 aromatic heterocycles. The van der Waals surface area contributed by atoms with E-state index >= 15 is 0 Å². The van der Waals surface area contributed by atoms with Crippen molar-refractivity contribution in [1.82, 2.24) is 5.32 Å². The second-order valence-corrected chi connectivity index (χ2v) is 6.97. The second-order valence-electron chi connectivity index (χ2n) is 6.97. The first-order chi connectivity index (χ1) is 10.2. The predicted octanol–water partition coefficient (Wildman–Crippen LogP) is 4.38. The molecule has 0 saturated heterocycles. The number of hydrogen-bond donors (Lipinski definition) is 1. The molecule has 0 bridgehead atoms. The third-order valence-electron chi connectivity index (χ3n) is 5.72. The van der Waals surface area contributed by atoms with E-state index in [1.807, 2.05) is 0 Å². The normalized spacial score (nSPS) is 28.5. The van der Waals surface area contributed by atoms with Gasteiger partial charge in [0.05, 0.1) is 6.10 Å². The van der Waals surface area contributed by atoms with Crippen LogP contribution < -0.4 is 5.32 Å². The molecule has 3 rings (SSSR count). The van der Waals surface area contributed by atoms with Crippen LogP contribution in [0.25, 0.3) is 0 Å². The van der Waals surface area contributed by atoms with Crippen LogP contribution in [0.15, 0.2) is 24.3 Å². The van der Waals surface area contributed by atoms with E-state index in [0.29, 0.717) is 23.6 Å². The Morgan fingerprint density at radius 2 is 1.90 bits per heavy atom. The molecule has 116 valence electrons. The van der Waals surface area contributed by atoms with E-state index in [1.54, 1.807) is 0 Å². The fourth-order valence-corrected chi connectivity index (χ4v) is 4.37. The molecule has 0 heterocycles. The molecule has 1 spiro atoms. The smallest absolute Gasteiger partial charge is 0.0661 e. The highest BCUT2D eigenvalue weighted by molar-refractivity contribution is 5.24. The number of aryl methyl sites for hydroxylation is 1. The summed E-state index contributed by atoms with van der Waals surface area (Å²) in [6.07, 6.45) is 7.12. The first-order valence-corrected chi connectivity index (χ1v) is 8.60. The molecule has 21 heavy (non-hydrogen) atoms. The van der Waals surface area contributed by atoms with Gasteiger partial charge in [0, 0.05) is 24.1 Å². The highest BCUT2D eigenvalue weighted by Crippen LogP contribution is 2.55. The van der Waals surface area contributed by atoms with Gasteiger partial charge in [-0.2, -0.15) is 0 Å². The molecule has 2 heteroatoms. The van der Waals surface area contributed by atoms with Gasteiger partial charge in [0.1, 0.15) is 0 Å². The predicted molar refractivity (Wildman–Crippen MR) is 87.4 cm³/mol. The zero-order chi connectivity index (χ0) is 14.9. The number of hydrogen-bond acceptors (Lipinski definition) is 2. The molecule has 0 aliphatic heterocycles. The van der Waals surface area contributed by atoms with E-state index in [2.05, 4.69) is 50.4 Å². The van der Waals surface area contributed by atoms with Gasteiger partial charge in [-0.1, -0.05) is 42.7 Å². The van der Waals surface area contributed by atoms with E-state index in [4.69, 9.17) is 4.74 Å². The Hall–Kier alpha value is -0.860. The van der Waals surface area contributed by atoms with Crippen LogP contribution in [-0.2, 0) is 4.74 Å². The Kier molecular flexibility index (Phi) is 4.37. The van der Waals surface area contributed by atoms with Crippen molar-refractivity contribution < 1.29 is 4.74 Å². The van der Waals surface area contributed by atoms with Crippen LogP contribution in [0.2, 0.25) is 0 Å². The minimum Gasteiger partial charge on any atom is -0.378 e. The minimum atomic E-state index is 0.426. The molecule has 1 aromatic rings. The third kappa shape index (κ3) is 2.76. The van der Waals surface area contributed by atoms with Crippen LogP contribution in [0.4, 0.5) is 0 Å². The van der Waals surface area contributed by atoms with Gasteiger partial charge in [-0.3, -0.25) is 0 Å². The first-order valence-electron chi connectivity index (χ1n) is 8.60. The third-order valence-corrected chi connectivity index (χ3v) is 5.72. The summed E-state index contributed by atoms with van der Waals surface area (Å²) >= 11 is 0. The molecule has 0 amide bonds. The van der Waals surface area contributed by atoms with E-state index in [0.717, 1.165) is 6.61 Å². The summed E-state index contributed by atoms with van der Waals surface area (Å²) in [5, 5.41) is 3.89. The van der Waals surface area contributed by atoms with Gasteiger partial charge in [-0.05, 0) is 45.6 Å². The molecule has 2 unspecified atom stereocenters. The fraction of sp³-hybridized carbons (Fsp3) is 0.684. The van der Waals surface area contributed by atoms with Crippen molar-refractivity contribution in [3.05, 3.63) is 35.4 Å². The maximum atomic E-state index is 6.01. The zero-order valence-corrected chi connectivity index (χ0v) is 13.7. The van der Waals surface area contributed by atoms with E-state index in [1.165, 1.54) is 43.2 Å². The average Bonchev–Trinajstić information content (AvgIpc) is 2.99. The first kappa shape index (κ1) is 15.1. The van der Waals surface area contributed by atoms with Crippen molar-refractivity contribution in [3.63, 3.8) is 0 Å². The molecular formula is C19H29NO. The van der Waals surface area contributed by atoms with Crippen molar-refractivity contribution >= 4 is 0 Å². The Labute approximate surface area is 129 Å². The molecule has 1 N–H and O–H groups in total. The van der Waals surface area contributed by atoms with Crippen LogP contribution in [0.1, 0.15) is 63.1 Å². The monoisotopic (exact) mass is 287 g/mol. The van der Waals surface area contributed by atoms with Gasteiger partial charge in [-0.25, -0.2) is 0 Å². The molecule has 2 saturated carbocycles. The topological polar surface area (TPSA) is 21.3 Å². The SMILES string of the molecule is CCOC1CC(N[C@@H](C)c2ccc(C)cc2)C12CCCC2. The molecule has 1 aromatic carbocycles. The fourth-order valence-electron chi connectivity index (χ4n) is 4.37. The molecule has 3 atom stereocenters. The van der Waals surface area contributed by atoms with Gasteiger partial charge in [0.15, 0.2) is 0 Å². The van der Waals surface area contributed by atoms with E-state index in [-0.39, 0.29) is 0 Å². The highest BCUT2D eigenvalue weighted by atomic mass is 16.5. The summed E-state index contributed by atoms with van der Waals surface area (Å²) in [6.45, 7) is 7.42. The van der Waals surface area contributed by atoms with Gasteiger partial charge >= 0.3 is 0 Å². The van der Waals surface area contributed by atoms with E-state index in [9.17, 15) is 0 Å². The molecular weight excluding hydrogens is 258 g/mol. The number of benzene rings is 1. The summed E-state index contributed by atoms with van der Waals surface area (Å²) in [7, 11) is 0. The van der Waals surface area contributed by atoms with Gasteiger partial charge < -0.3 is 10.1 Å².